The zero-order valence-electron chi connectivity index (χ0n) is 51.7. The van der Waals surface area contributed by atoms with Gasteiger partial charge in [0.25, 0.3) is 0 Å². The van der Waals surface area contributed by atoms with E-state index in [1.807, 2.05) is 0 Å². The van der Waals surface area contributed by atoms with E-state index in [0.29, 0.717) is 25.9 Å². The number of allylic oxidation sites excluding steroid dienone is 8. The first-order valence-corrected chi connectivity index (χ1v) is 34.4. The summed E-state index contributed by atoms with van der Waals surface area (Å²) in [5.41, 5.74) is 0. The number of unbranched alkanes of at least 4 members (excludes halogenated alkanes) is 45. The Labute approximate surface area is 480 Å². The predicted molar refractivity (Wildman–Crippen MR) is 338 cm³/mol. The molecule has 0 fully saturated rings. The molecule has 0 spiro atoms. The lowest BCUT2D eigenvalue weighted by molar-refractivity contribution is -0.143. The normalized spacial score (nSPS) is 12.8. The molecule has 0 aliphatic rings. The van der Waals surface area contributed by atoms with Gasteiger partial charge in [0, 0.05) is 12.8 Å². The highest BCUT2D eigenvalue weighted by molar-refractivity contribution is 5.76. The summed E-state index contributed by atoms with van der Waals surface area (Å²) in [6, 6.07) is -0.542. The SMILES string of the molecule is CCC/C=C\C/C=C\CCCCCCCC(=O)OCCCCCCCCCCC/C=C\C/C=C\CCCCCCCCCCCCCCCCCC(=O)NC(CO)C(O)CCCCCCCCCCCCCCCCCC. The summed E-state index contributed by atoms with van der Waals surface area (Å²) in [5.74, 6) is -0.0344. The standard InChI is InChI=1S/C71H133NO5/c1-3-5-7-9-11-13-15-17-18-36-40-43-47-51-55-59-63-69(74)68(67-73)72-70(75)64-60-56-52-48-44-41-37-34-32-30-28-26-24-22-20-19-21-23-25-27-29-31-33-35-38-42-46-50-54-58-62-66-77-71(76)65-61-57-53-49-45-39-16-14-12-10-8-6-4-2/h8,10,14,16,21,23,27,29,68-69,73-74H,3-7,9,11-13,15,17-20,22,24-26,28,30-67H2,1-2H3,(H,72,75)/b10-8-,16-14-,23-21-,29-27-. The van der Waals surface area contributed by atoms with Crippen molar-refractivity contribution in [1.29, 1.82) is 0 Å². The molecule has 0 radical (unpaired) electrons. The van der Waals surface area contributed by atoms with Crippen molar-refractivity contribution in [2.45, 2.75) is 379 Å². The number of aliphatic hydroxyl groups excluding tert-OH is 2. The average molecular weight is 1080 g/mol. The topological polar surface area (TPSA) is 95.9 Å². The van der Waals surface area contributed by atoms with Crippen molar-refractivity contribution in [3.8, 4) is 0 Å². The molecule has 0 saturated carbocycles. The van der Waals surface area contributed by atoms with Gasteiger partial charge < -0.3 is 20.3 Å². The van der Waals surface area contributed by atoms with Gasteiger partial charge in [-0.25, -0.2) is 0 Å². The van der Waals surface area contributed by atoms with Gasteiger partial charge in [0.15, 0.2) is 0 Å². The lowest BCUT2D eigenvalue weighted by Gasteiger charge is -2.22. The van der Waals surface area contributed by atoms with E-state index in [-0.39, 0.29) is 18.5 Å². The lowest BCUT2D eigenvalue weighted by atomic mass is 10.0. The molecule has 0 aromatic rings. The maximum Gasteiger partial charge on any atom is 0.305 e. The van der Waals surface area contributed by atoms with Gasteiger partial charge in [0.1, 0.15) is 0 Å². The van der Waals surface area contributed by atoms with Crippen molar-refractivity contribution < 1.29 is 24.5 Å². The van der Waals surface area contributed by atoms with Crippen LogP contribution in [0.1, 0.15) is 367 Å². The molecule has 2 unspecified atom stereocenters. The molecule has 0 heterocycles. The van der Waals surface area contributed by atoms with E-state index in [1.54, 1.807) is 0 Å². The Morgan fingerprint density at radius 3 is 1.04 bits per heavy atom. The largest absolute Gasteiger partial charge is 0.466 e. The van der Waals surface area contributed by atoms with Crippen LogP contribution < -0.4 is 5.32 Å². The van der Waals surface area contributed by atoms with Crippen molar-refractivity contribution >= 4 is 11.9 Å². The van der Waals surface area contributed by atoms with Crippen molar-refractivity contribution in [2.75, 3.05) is 13.2 Å². The number of aliphatic hydroxyl groups is 2. The van der Waals surface area contributed by atoms with Crippen LogP contribution in [0.3, 0.4) is 0 Å². The van der Waals surface area contributed by atoms with Crippen LogP contribution in [-0.4, -0.2) is 47.4 Å². The minimum absolute atomic E-state index is 0.00228. The van der Waals surface area contributed by atoms with Crippen molar-refractivity contribution in [2.24, 2.45) is 0 Å². The number of hydrogen-bond acceptors (Lipinski definition) is 5. The van der Waals surface area contributed by atoms with E-state index in [9.17, 15) is 19.8 Å². The van der Waals surface area contributed by atoms with Crippen LogP contribution in [0.4, 0.5) is 0 Å². The van der Waals surface area contributed by atoms with Crippen LogP contribution in [0.2, 0.25) is 0 Å². The molecule has 2 atom stereocenters. The molecule has 0 bridgehead atoms. The van der Waals surface area contributed by atoms with Crippen molar-refractivity contribution in [1.82, 2.24) is 5.32 Å². The highest BCUT2D eigenvalue weighted by Gasteiger charge is 2.20. The molecule has 0 aromatic carbocycles. The van der Waals surface area contributed by atoms with Gasteiger partial charge in [0.2, 0.25) is 5.91 Å². The Morgan fingerprint density at radius 2 is 0.675 bits per heavy atom. The molecular formula is C71H133NO5. The second-order valence-corrected chi connectivity index (χ2v) is 23.5. The predicted octanol–water partition coefficient (Wildman–Crippen LogP) is 22.1. The molecule has 0 aromatic heterocycles. The number of carbonyl (C=O) groups excluding carboxylic acids is 2. The molecule has 6 heteroatoms. The molecule has 0 aliphatic carbocycles. The van der Waals surface area contributed by atoms with Crippen molar-refractivity contribution in [3.63, 3.8) is 0 Å². The van der Waals surface area contributed by atoms with E-state index < -0.39 is 12.1 Å². The molecule has 0 saturated heterocycles. The Balaban J connectivity index is 3.40. The highest BCUT2D eigenvalue weighted by Crippen LogP contribution is 2.18. The zero-order chi connectivity index (χ0) is 55.7. The number of esters is 1. The summed E-state index contributed by atoms with van der Waals surface area (Å²) in [7, 11) is 0. The average Bonchev–Trinajstić information content (AvgIpc) is 3.43. The number of hydrogen-bond donors (Lipinski definition) is 3. The highest BCUT2D eigenvalue weighted by atomic mass is 16.5. The summed E-state index contributed by atoms with van der Waals surface area (Å²) < 4.78 is 5.47. The van der Waals surface area contributed by atoms with E-state index in [0.717, 1.165) is 57.8 Å². The molecule has 0 aliphatic heterocycles. The first-order valence-electron chi connectivity index (χ1n) is 34.4. The Kier molecular flexibility index (Phi) is 64.5. The van der Waals surface area contributed by atoms with E-state index in [1.165, 1.54) is 276 Å². The number of rotatable bonds is 64. The quantitative estimate of drug-likeness (QED) is 0.0320. The minimum atomic E-state index is -0.664. The molecule has 77 heavy (non-hydrogen) atoms. The van der Waals surface area contributed by atoms with Gasteiger partial charge in [-0.1, -0.05) is 319 Å². The minimum Gasteiger partial charge on any atom is -0.466 e. The van der Waals surface area contributed by atoms with Crippen LogP contribution in [0, 0.1) is 0 Å². The second-order valence-electron chi connectivity index (χ2n) is 23.5. The summed E-state index contributed by atoms with van der Waals surface area (Å²) in [6.07, 6.45) is 85.8. The molecule has 0 rings (SSSR count). The molecule has 452 valence electrons. The Bertz CT molecular complexity index is 1290. The van der Waals surface area contributed by atoms with Crippen molar-refractivity contribution in [3.05, 3.63) is 48.6 Å². The third-order valence-electron chi connectivity index (χ3n) is 15.8. The fourth-order valence-electron chi connectivity index (χ4n) is 10.6. The second kappa shape index (κ2) is 66.3. The third kappa shape index (κ3) is 62.9. The van der Waals surface area contributed by atoms with Gasteiger partial charge in [-0.15, -0.1) is 0 Å². The van der Waals surface area contributed by atoms with E-state index in [2.05, 4.69) is 67.8 Å². The van der Waals surface area contributed by atoms with Crippen LogP contribution in [0.5, 0.6) is 0 Å². The molecule has 6 nitrogen and oxygen atoms in total. The summed E-state index contributed by atoms with van der Waals surface area (Å²) in [4.78, 5) is 24.5. The van der Waals surface area contributed by atoms with Gasteiger partial charge in [-0.3, -0.25) is 9.59 Å². The first kappa shape index (κ1) is 74.8. The number of carbonyl (C=O) groups is 2. The Morgan fingerprint density at radius 1 is 0.364 bits per heavy atom. The summed E-state index contributed by atoms with van der Waals surface area (Å²) in [5, 5.41) is 23.3. The van der Waals surface area contributed by atoms with E-state index >= 15 is 0 Å². The van der Waals surface area contributed by atoms with Crippen LogP contribution in [0.15, 0.2) is 48.6 Å². The van der Waals surface area contributed by atoms with Crippen LogP contribution in [0.25, 0.3) is 0 Å². The smallest absolute Gasteiger partial charge is 0.305 e. The summed E-state index contributed by atoms with van der Waals surface area (Å²) >= 11 is 0. The monoisotopic (exact) mass is 1080 g/mol. The fourth-order valence-corrected chi connectivity index (χ4v) is 10.6. The zero-order valence-corrected chi connectivity index (χ0v) is 51.7. The lowest BCUT2D eigenvalue weighted by Crippen LogP contribution is -2.45. The van der Waals surface area contributed by atoms with Gasteiger partial charge in [-0.2, -0.15) is 0 Å². The maximum absolute atomic E-state index is 12.5. The van der Waals surface area contributed by atoms with Gasteiger partial charge in [-0.05, 0) is 83.5 Å². The van der Waals surface area contributed by atoms with Gasteiger partial charge in [0.05, 0.1) is 25.4 Å². The third-order valence-corrected chi connectivity index (χ3v) is 15.8. The molecule has 3 N–H and O–H groups in total. The Hall–Kier alpha value is -2.18. The van der Waals surface area contributed by atoms with Crippen LogP contribution in [-0.2, 0) is 14.3 Å². The number of amides is 1. The summed E-state index contributed by atoms with van der Waals surface area (Å²) in [6.45, 7) is 4.90. The number of nitrogens with one attached hydrogen (secondary N) is 1. The first-order chi connectivity index (χ1) is 38.0. The van der Waals surface area contributed by atoms with E-state index in [4.69, 9.17) is 4.74 Å². The molecular weight excluding hydrogens is 947 g/mol. The fraction of sp³-hybridized carbons (Fsp3) is 0.859. The molecule has 1 amide bonds. The maximum atomic E-state index is 12.5. The van der Waals surface area contributed by atoms with Crippen LogP contribution >= 0.6 is 0 Å². The number of ether oxygens (including phenoxy) is 1. The van der Waals surface area contributed by atoms with Gasteiger partial charge >= 0.3 is 5.97 Å².